The largest absolute Gasteiger partial charge is 0.496 e. The predicted octanol–water partition coefficient (Wildman–Crippen LogP) is 3.22. The van der Waals surface area contributed by atoms with E-state index in [9.17, 15) is 4.79 Å². The first kappa shape index (κ1) is 18.0. The summed E-state index contributed by atoms with van der Waals surface area (Å²) in [5.41, 5.74) is 2.55. The van der Waals surface area contributed by atoms with Crippen molar-refractivity contribution in [3.63, 3.8) is 0 Å². The van der Waals surface area contributed by atoms with Crippen molar-refractivity contribution < 1.29 is 9.53 Å². The lowest BCUT2D eigenvalue weighted by Gasteiger charge is -2.30. The summed E-state index contributed by atoms with van der Waals surface area (Å²) >= 11 is 0. The number of amides is 1. The van der Waals surface area contributed by atoms with Crippen LogP contribution in [0.5, 0.6) is 5.75 Å². The average Bonchev–Trinajstić information content (AvgIpc) is 2.93. The Kier molecular flexibility index (Phi) is 5.65. The summed E-state index contributed by atoms with van der Waals surface area (Å²) in [4.78, 5) is 12.2. The first-order chi connectivity index (χ1) is 11.4. The number of nitrogens with zero attached hydrogens (tertiary/aromatic N) is 2. The minimum Gasteiger partial charge on any atom is -0.496 e. The van der Waals surface area contributed by atoms with Crippen LogP contribution < -0.4 is 10.1 Å². The van der Waals surface area contributed by atoms with Gasteiger partial charge in [0.25, 0.3) is 5.91 Å². The van der Waals surface area contributed by atoms with Crippen molar-refractivity contribution in [1.29, 1.82) is 0 Å². The summed E-state index contributed by atoms with van der Waals surface area (Å²) in [6.07, 6.45) is 1.80. The summed E-state index contributed by atoms with van der Waals surface area (Å²) in [6, 6.07) is 9.89. The zero-order valence-corrected chi connectivity index (χ0v) is 15.2. The molecule has 5 nitrogen and oxygen atoms in total. The first-order valence-corrected chi connectivity index (χ1v) is 8.33. The number of rotatable bonds is 7. The SMILES string of the molecule is CC[C@](C)(CCNC(=O)c1cc(C)n(C)n1)c1ccccc1OC. The Balaban J connectivity index is 2.04. The van der Waals surface area contributed by atoms with E-state index in [-0.39, 0.29) is 11.3 Å². The molecule has 0 saturated heterocycles. The van der Waals surface area contributed by atoms with Crippen LogP contribution in [0.4, 0.5) is 0 Å². The third kappa shape index (κ3) is 3.78. The van der Waals surface area contributed by atoms with Gasteiger partial charge in [-0.2, -0.15) is 5.10 Å². The molecule has 0 bridgehead atoms. The summed E-state index contributed by atoms with van der Waals surface area (Å²) in [5, 5.41) is 7.20. The Hall–Kier alpha value is -2.30. The molecule has 1 aromatic heterocycles. The highest BCUT2D eigenvalue weighted by molar-refractivity contribution is 5.92. The smallest absolute Gasteiger partial charge is 0.271 e. The van der Waals surface area contributed by atoms with Crippen LogP contribution in [-0.2, 0) is 12.5 Å². The maximum atomic E-state index is 12.2. The van der Waals surface area contributed by atoms with Crippen molar-refractivity contribution in [2.75, 3.05) is 13.7 Å². The molecule has 5 heteroatoms. The Morgan fingerprint density at radius 1 is 1.38 bits per heavy atom. The Morgan fingerprint density at radius 2 is 2.08 bits per heavy atom. The van der Waals surface area contributed by atoms with E-state index in [1.807, 2.05) is 32.2 Å². The number of ether oxygens (including phenoxy) is 1. The standard InChI is InChI=1S/C19H27N3O2/c1-6-19(3,15-9-7-8-10-17(15)24-5)11-12-20-18(23)16-13-14(2)22(4)21-16/h7-10,13H,6,11-12H2,1-5H3,(H,20,23)/t19-/m1/s1. The van der Waals surface area contributed by atoms with Crippen LogP contribution in [0.3, 0.4) is 0 Å². The zero-order chi connectivity index (χ0) is 17.7. The molecule has 2 rings (SSSR count). The third-order valence-electron chi connectivity index (χ3n) is 4.85. The molecule has 24 heavy (non-hydrogen) atoms. The van der Waals surface area contributed by atoms with Gasteiger partial charge in [-0.3, -0.25) is 9.48 Å². The summed E-state index contributed by atoms with van der Waals surface area (Å²) in [5.74, 6) is 0.769. The average molecular weight is 329 g/mol. The van der Waals surface area contributed by atoms with Gasteiger partial charge in [0.2, 0.25) is 0 Å². The first-order valence-electron chi connectivity index (χ1n) is 8.33. The van der Waals surface area contributed by atoms with Crippen LogP contribution >= 0.6 is 0 Å². The van der Waals surface area contributed by atoms with Crippen LogP contribution in [0.2, 0.25) is 0 Å². The number of carbonyl (C=O) groups excluding carboxylic acids is 1. The molecular formula is C19H27N3O2. The second-order valence-electron chi connectivity index (χ2n) is 6.41. The number of aryl methyl sites for hydroxylation is 2. The lowest BCUT2D eigenvalue weighted by Crippen LogP contribution is -2.31. The van der Waals surface area contributed by atoms with Crippen molar-refractivity contribution in [3.05, 3.63) is 47.3 Å². The second kappa shape index (κ2) is 7.51. The fourth-order valence-corrected chi connectivity index (χ4v) is 2.86. The van der Waals surface area contributed by atoms with Crippen molar-refractivity contribution in [2.45, 2.75) is 39.0 Å². The number of aromatic nitrogens is 2. The van der Waals surface area contributed by atoms with E-state index in [1.54, 1.807) is 17.9 Å². The van der Waals surface area contributed by atoms with E-state index >= 15 is 0 Å². The monoisotopic (exact) mass is 329 g/mol. The highest BCUT2D eigenvalue weighted by Gasteiger charge is 2.27. The molecule has 1 atom stereocenters. The maximum Gasteiger partial charge on any atom is 0.271 e. The zero-order valence-electron chi connectivity index (χ0n) is 15.2. The lowest BCUT2D eigenvalue weighted by molar-refractivity contribution is 0.0945. The molecule has 1 amide bonds. The van der Waals surface area contributed by atoms with Gasteiger partial charge in [0.1, 0.15) is 11.4 Å². The quantitative estimate of drug-likeness (QED) is 0.848. The molecule has 1 aromatic carbocycles. The number of hydrogen-bond acceptors (Lipinski definition) is 3. The van der Waals surface area contributed by atoms with Crippen LogP contribution in [0.25, 0.3) is 0 Å². The van der Waals surface area contributed by atoms with E-state index in [4.69, 9.17) is 4.74 Å². The number of nitrogens with one attached hydrogen (secondary N) is 1. The molecular weight excluding hydrogens is 302 g/mol. The molecule has 1 heterocycles. The normalized spacial score (nSPS) is 13.4. The highest BCUT2D eigenvalue weighted by Crippen LogP contribution is 2.36. The second-order valence-corrected chi connectivity index (χ2v) is 6.41. The minimum atomic E-state index is -0.128. The van der Waals surface area contributed by atoms with E-state index in [0.717, 1.165) is 24.3 Å². The molecule has 1 N–H and O–H groups in total. The van der Waals surface area contributed by atoms with Crippen LogP contribution in [0, 0.1) is 6.92 Å². The van der Waals surface area contributed by atoms with Gasteiger partial charge < -0.3 is 10.1 Å². The van der Waals surface area contributed by atoms with Gasteiger partial charge in [0.05, 0.1) is 7.11 Å². The fraction of sp³-hybridized carbons (Fsp3) is 0.474. The summed E-state index contributed by atoms with van der Waals surface area (Å²) in [6.45, 7) is 6.90. The molecule has 0 aliphatic rings. The Labute approximate surface area is 144 Å². The predicted molar refractivity (Wildman–Crippen MR) is 95.5 cm³/mol. The summed E-state index contributed by atoms with van der Waals surface area (Å²) < 4.78 is 7.21. The fourth-order valence-electron chi connectivity index (χ4n) is 2.86. The molecule has 0 aliphatic heterocycles. The molecule has 0 aliphatic carbocycles. The Bertz CT molecular complexity index is 689. The van der Waals surface area contributed by atoms with Gasteiger partial charge in [-0.1, -0.05) is 32.0 Å². The number of methoxy groups -OCH3 is 1. The third-order valence-corrected chi connectivity index (χ3v) is 4.85. The van der Waals surface area contributed by atoms with Gasteiger partial charge in [-0.05, 0) is 37.3 Å². The Morgan fingerprint density at radius 3 is 2.67 bits per heavy atom. The molecule has 0 spiro atoms. The topological polar surface area (TPSA) is 56.2 Å². The van der Waals surface area contributed by atoms with Crippen LogP contribution in [0.15, 0.2) is 30.3 Å². The molecule has 0 unspecified atom stereocenters. The van der Waals surface area contributed by atoms with Crippen LogP contribution in [0.1, 0.15) is 48.4 Å². The van der Waals surface area contributed by atoms with Crippen molar-refractivity contribution in [1.82, 2.24) is 15.1 Å². The minimum absolute atomic E-state index is 0.0556. The van der Waals surface area contributed by atoms with Gasteiger partial charge in [0, 0.05) is 24.8 Å². The number of para-hydroxylation sites is 1. The molecule has 130 valence electrons. The van der Waals surface area contributed by atoms with Crippen molar-refractivity contribution >= 4 is 5.91 Å². The van der Waals surface area contributed by atoms with E-state index in [2.05, 4.69) is 30.3 Å². The summed E-state index contributed by atoms with van der Waals surface area (Å²) in [7, 11) is 3.53. The number of carbonyl (C=O) groups is 1. The van der Waals surface area contributed by atoms with Crippen LogP contribution in [-0.4, -0.2) is 29.3 Å². The van der Waals surface area contributed by atoms with E-state index < -0.39 is 0 Å². The van der Waals surface area contributed by atoms with Crippen molar-refractivity contribution in [3.8, 4) is 5.75 Å². The van der Waals surface area contributed by atoms with E-state index in [1.165, 1.54) is 5.56 Å². The van der Waals surface area contributed by atoms with Gasteiger partial charge >= 0.3 is 0 Å². The van der Waals surface area contributed by atoms with Crippen molar-refractivity contribution in [2.24, 2.45) is 7.05 Å². The maximum absolute atomic E-state index is 12.2. The molecule has 2 aromatic rings. The number of benzene rings is 1. The van der Waals surface area contributed by atoms with E-state index in [0.29, 0.717) is 12.2 Å². The lowest BCUT2D eigenvalue weighted by atomic mass is 9.77. The molecule has 0 radical (unpaired) electrons. The van der Waals surface area contributed by atoms with Gasteiger partial charge in [-0.15, -0.1) is 0 Å². The number of hydrogen-bond donors (Lipinski definition) is 1. The van der Waals surface area contributed by atoms with Gasteiger partial charge in [-0.25, -0.2) is 0 Å². The molecule has 0 saturated carbocycles. The highest BCUT2D eigenvalue weighted by atomic mass is 16.5. The van der Waals surface area contributed by atoms with Gasteiger partial charge in [0.15, 0.2) is 0 Å². The molecule has 0 fully saturated rings.